The second kappa shape index (κ2) is 4.52. The Morgan fingerprint density at radius 3 is 2.69 bits per heavy atom. The fraction of sp³-hybridized carbons (Fsp3) is 0.500. The number of ether oxygens (including phenoxy) is 1. The Morgan fingerprint density at radius 1 is 1.44 bits per heavy atom. The molecule has 0 atom stereocenters. The highest BCUT2D eigenvalue weighted by Gasteiger charge is 2.39. The van der Waals surface area contributed by atoms with Crippen molar-refractivity contribution in [3.05, 3.63) is 29.0 Å². The van der Waals surface area contributed by atoms with E-state index in [9.17, 15) is 4.79 Å². The van der Waals surface area contributed by atoms with Gasteiger partial charge in [0.2, 0.25) is 0 Å². The van der Waals surface area contributed by atoms with Crippen LogP contribution in [0.3, 0.4) is 0 Å². The summed E-state index contributed by atoms with van der Waals surface area (Å²) in [5, 5.41) is 0.610. The van der Waals surface area contributed by atoms with Crippen LogP contribution in [-0.4, -0.2) is 17.9 Å². The highest BCUT2D eigenvalue weighted by atomic mass is 35.5. The Hall–Kier alpha value is -0.930. The van der Waals surface area contributed by atoms with Gasteiger partial charge in [0.1, 0.15) is 11.4 Å². The number of aromatic nitrogens is 1. The lowest BCUT2D eigenvalue weighted by molar-refractivity contribution is -0.128. The zero-order chi connectivity index (χ0) is 11.6. The Bertz CT molecular complexity index is 396. The first kappa shape index (κ1) is 11.6. The van der Waals surface area contributed by atoms with Gasteiger partial charge in [-0.25, -0.2) is 0 Å². The third-order valence-electron chi connectivity index (χ3n) is 3.20. The van der Waals surface area contributed by atoms with Crippen molar-refractivity contribution in [3.63, 3.8) is 0 Å². The van der Waals surface area contributed by atoms with Gasteiger partial charge in [-0.15, -0.1) is 0 Å². The Morgan fingerprint density at radius 2 is 2.12 bits per heavy atom. The number of hydrogen-bond donors (Lipinski definition) is 0. The van der Waals surface area contributed by atoms with Gasteiger partial charge >= 0.3 is 0 Å². The van der Waals surface area contributed by atoms with Crippen molar-refractivity contribution in [2.24, 2.45) is 0 Å². The van der Waals surface area contributed by atoms with Crippen LogP contribution >= 0.6 is 11.6 Å². The van der Waals surface area contributed by atoms with Crippen LogP contribution in [0.2, 0.25) is 5.02 Å². The topological polar surface area (TPSA) is 39.2 Å². The van der Waals surface area contributed by atoms with Gasteiger partial charge in [-0.3, -0.25) is 9.78 Å². The van der Waals surface area contributed by atoms with Crippen molar-refractivity contribution in [1.29, 1.82) is 0 Å². The third-order valence-corrected chi connectivity index (χ3v) is 3.50. The fourth-order valence-electron chi connectivity index (χ4n) is 2.19. The van der Waals surface area contributed by atoms with Crippen LogP contribution in [0.1, 0.15) is 31.4 Å². The number of pyridine rings is 1. The monoisotopic (exact) mass is 239 g/mol. The SMILES string of the molecule is COC1(c2ncccc2Cl)CCC(=O)CC1. The molecule has 3 nitrogen and oxygen atoms in total. The van der Waals surface area contributed by atoms with E-state index in [0.29, 0.717) is 36.5 Å². The van der Waals surface area contributed by atoms with Crippen LogP contribution < -0.4 is 0 Å². The number of carbonyl (C=O) groups is 1. The number of methoxy groups -OCH3 is 1. The number of halogens is 1. The molecule has 1 aliphatic rings. The summed E-state index contributed by atoms with van der Waals surface area (Å²) >= 11 is 6.13. The van der Waals surface area contributed by atoms with E-state index in [1.54, 1.807) is 25.4 Å². The van der Waals surface area contributed by atoms with Crippen LogP contribution in [0.5, 0.6) is 0 Å². The Balaban J connectivity index is 2.35. The van der Waals surface area contributed by atoms with E-state index in [0.717, 1.165) is 5.69 Å². The predicted molar refractivity (Wildman–Crippen MR) is 61.4 cm³/mol. The molecule has 1 saturated carbocycles. The largest absolute Gasteiger partial charge is 0.372 e. The molecule has 16 heavy (non-hydrogen) atoms. The standard InChI is InChI=1S/C12H14ClNO2/c1-16-12(6-4-9(15)5-7-12)11-10(13)3-2-8-14-11/h2-3,8H,4-7H2,1H3. The van der Waals surface area contributed by atoms with E-state index in [1.807, 2.05) is 0 Å². The molecule has 0 spiro atoms. The smallest absolute Gasteiger partial charge is 0.133 e. The van der Waals surface area contributed by atoms with Crippen molar-refractivity contribution in [1.82, 2.24) is 4.98 Å². The second-order valence-electron chi connectivity index (χ2n) is 4.07. The lowest BCUT2D eigenvalue weighted by atomic mass is 9.81. The lowest BCUT2D eigenvalue weighted by Crippen LogP contribution is -2.35. The van der Waals surface area contributed by atoms with Gasteiger partial charge in [0.05, 0.1) is 10.7 Å². The molecule has 1 aromatic rings. The summed E-state index contributed by atoms with van der Waals surface area (Å²) in [6.07, 6.45) is 4.12. The van der Waals surface area contributed by atoms with Crippen molar-refractivity contribution in [3.8, 4) is 0 Å². The molecule has 86 valence electrons. The van der Waals surface area contributed by atoms with Crippen LogP contribution in [0.4, 0.5) is 0 Å². The first-order valence-electron chi connectivity index (χ1n) is 5.36. The summed E-state index contributed by atoms with van der Waals surface area (Å²) in [6.45, 7) is 0. The highest BCUT2D eigenvalue weighted by Crippen LogP contribution is 2.40. The van der Waals surface area contributed by atoms with E-state index < -0.39 is 5.60 Å². The van der Waals surface area contributed by atoms with E-state index in [-0.39, 0.29) is 0 Å². The van der Waals surface area contributed by atoms with Crippen LogP contribution in [0, 0.1) is 0 Å². The first-order valence-corrected chi connectivity index (χ1v) is 5.73. The van der Waals surface area contributed by atoms with Crippen molar-refractivity contribution < 1.29 is 9.53 Å². The van der Waals surface area contributed by atoms with E-state index >= 15 is 0 Å². The molecule has 1 heterocycles. The second-order valence-corrected chi connectivity index (χ2v) is 4.48. The summed E-state index contributed by atoms with van der Waals surface area (Å²) in [5.41, 5.74) is 0.276. The third kappa shape index (κ3) is 1.97. The van der Waals surface area contributed by atoms with Crippen molar-refractivity contribution in [2.45, 2.75) is 31.3 Å². The molecule has 0 saturated heterocycles. The summed E-state index contributed by atoms with van der Waals surface area (Å²) in [5.74, 6) is 0.291. The van der Waals surface area contributed by atoms with Gasteiger partial charge in [0, 0.05) is 26.1 Å². The van der Waals surface area contributed by atoms with Gasteiger partial charge in [0.25, 0.3) is 0 Å². The first-order chi connectivity index (χ1) is 7.68. The normalized spacial score (nSPS) is 19.8. The quantitative estimate of drug-likeness (QED) is 0.797. The van der Waals surface area contributed by atoms with E-state index in [2.05, 4.69) is 4.98 Å². The summed E-state index contributed by atoms with van der Waals surface area (Å²) in [7, 11) is 1.65. The summed E-state index contributed by atoms with van der Waals surface area (Å²) in [4.78, 5) is 15.6. The van der Waals surface area contributed by atoms with Gasteiger partial charge in [0.15, 0.2) is 0 Å². The number of ketones is 1. The maximum Gasteiger partial charge on any atom is 0.133 e. The van der Waals surface area contributed by atoms with Gasteiger partial charge in [-0.05, 0) is 25.0 Å². The maximum atomic E-state index is 11.3. The predicted octanol–water partition coefficient (Wildman–Crippen LogP) is 2.72. The average Bonchev–Trinajstić information content (AvgIpc) is 2.32. The highest BCUT2D eigenvalue weighted by molar-refractivity contribution is 6.31. The number of rotatable bonds is 2. The zero-order valence-electron chi connectivity index (χ0n) is 9.20. The van der Waals surface area contributed by atoms with Crippen molar-refractivity contribution >= 4 is 17.4 Å². The van der Waals surface area contributed by atoms with Crippen LogP contribution in [-0.2, 0) is 15.1 Å². The number of Topliss-reactive ketones (excluding diaryl/α,β-unsaturated/α-hetero) is 1. The summed E-state index contributed by atoms with van der Waals surface area (Å²) in [6, 6.07) is 3.60. The molecule has 1 fully saturated rings. The Kier molecular flexibility index (Phi) is 3.26. The van der Waals surface area contributed by atoms with Crippen molar-refractivity contribution in [2.75, 3.05) is 7.11 Å². The Labute approximate surface area is 99.8 Å². The minimum absolute atomic E-state index is 0.291. The summed E-state index contributed by atoms with van der Waals surface area (Å²) < 4.78 is 5.59. The maximum absolute atomic E-state index is 11.3. The minimum atomic E-state index is -0.480. The average molecular weight is 240 g/mol. The zero-order valence-corrected chi connectivity index (χ0v) is 9.96. The molecule has 0 amide bonds. The fourth-order valence-corrected chi connectivity index (χ4v) is 2.48. The molecule has 0 N–H and O–H groups in total. The van der Waals surface area contributed by atoms with Gasteiger partial charge in [-0.2, -0.15) is 0 Å². The number of nitrogens with zero attached hydrogens (tertiary/aromatic N) is 1. The molecule has 0 radical (unpaired) electrons. The van der Waals surface area contributed by atoms with Crippen LogP contribution in [0.25, 0.3) is 0 Å². The number of hydrogen-bond acceptors (Lipinski definition) is 3. The molecule has 0 unspecified atom stereocenters. The molecular weight excluding hydrogens is 226 g/mol. The molecule has 4 heteroatoms. The van der Waals surface area contributed by atoms with E-state index in [1.165, 1.54) is 0 Å². The molecule has 1 aromatic heterocycles. The molecule has 0 aliphatic heterocycles. The molecular formula is C12H14ClNO2. The molecule has 2 rings (SSSR count). The van der Waals surface area contributed by atoms with Gasteiger partial charge in [-0.1, -0.05) is 11.6 Å². The molecule has 0 bridgehead atoms. The van der Waals surface area contributed by atoms with Crippen LogP contribution in [0.15, 0.2) is 18.3 Å². The lowest BCUT2D eigenvalue weighted by Gasteiger charge is -2.35. The van der Waals surface area contributed by atoms with Gasteiger partial charge < -0.3 is 4.74 Å². The van der Waals surface area contributed by atoms with E-state index in [4.69, 9.17) is 16.3 Å². The molecule has 1 aliphatic carbocycles. The minimum Gasteiger partial charge on any atom is -0.372 e. The molecule has 0 aromatic carbocycles. The number of carbonyl (C=O) groups excluding carboxylic acids is 1.